The van der Waals surface area contributed by atoms with Gasteiger partial charge >= 0.3 is 0 Å². The van der Waals surface area contributed by atoms with Gasteiger partial charge in [-0.3, -0.25) is 14.4 Å². The van der Waals surface area contributed by atoms with Gasteiger partial charge in [0.1, 0.15) is 0 Å². The summed E-state index contributed by atoms with van der Waals surface area (Å²) in [5, 5.41) is 27.4. The molecule has 0 aliphatic heterocycles. The Hall–Kier alpha value is -10.4. The van der Waals surface area contributed by atoms with Crippen LogP contribution in [0.3, 0.4) is 0 Å². The minimum absolute atomic E-state index is 0. The number of carbonyl (C=O) groups is 3. The third kappa shape index (κ3) is 51.6. The number of aryl methyl sites for hydroxylation is 4. The topological polar surface area (TPSA) is 245 Å². The maximum Gasteiger partial charge on any atom is 0.159 e. The number of nitrogens with zero attached hydrogens (tertiary/aromatic N) is 6. The van der Waals surface area contributed by atoms with E-state index in [1.165, 1.54) is 166 Å². The van der Waals surface area contributed by atoms with Crippen molar-refractivity contribution in [3.63, 3.8) is 0 Å². The van der Waals surface area contributed by atoms with Crippen molar-refractivity contribution in [2.24, 2.45) is 0 Å². The summed E-state index contributed by atoms with van der Waals surface area (Å²) in [5.74, 6) is 0.170. The first kappa shape index (κ1) is 120. The second kappa shape index (κ2) is 74.4. The van der Waals surface area contributed by atoms with Crippen LogP contribution in [0.5, 0.6) is 0 Å². The van der Waals surface area contributed by atoms with Gasteiger partial charge in [0.25, 0.3) is 0 Å². The maximum atomic E-state index is 11.6. The first-order valence-electron chi connectivity index (χ1n) is 51.0. The third-order valence-electron chi connectivity index (χ3n) is 23.9. The summed E-state index contributed by atoms with van der Waals surface area (Å²) in [6.45, 7) is 11.4. The van der Waals surface area contributed by atoms with E-state index in [1.807, 2.05) is 116 Å². The first-order chi connectivity index (χ1) is 69.2. The summed E-state index contributed by atoms with van der Waals surface area (Å²) in [6.07, 6.45) is 48.9. The molecule has 6 aromatic heterocycles. The van der Waals surface area contributed by atoms with E-state index < -0.39 is 0 Å². The number of rotatable bonds is 66. The number of pyridine rings is 6. The quantitative estimate of drug-likeness (QED) is 0.0139. The predicted octanol–water partition coefficient (Wildman–Crippen LogP) is 26.8. The van der Waals surface area contributed by atoms with Crippen LogP contribution in [0, 0.1) is 36.4 Å². The van der Waals surface area contributed by atoms with Gasteiger partial charge in [-0.1, -0.05) is 174 Å². The Morgan fingerprint density at radius 1 is 0.229 bits per heavy atom. The molecule has 0 bridgehead atoms. The Kier molecular flexibility index (Phi) is 62.3. The van der Waals surface area contributed by atoms with E-state index in [-0.39, 0.29) is 94.9 Å². The van der Waals surface area contributed by atoms with E-state index in [0.29, 0.717) is 105 Å². The summed E-state index contributed by atoms with van der Waals surface area (Å²) in [4.78, 5) is 61.8. The molecule has 3 N–H and O–H groups in total. The van der Waals surface area contributed by atoms with E-state index in [9.17, 15) is 14.4 Å². The van der Waals surface area contributed by atoms with Crippen molar-refractivity contribution >= 4 is 17.3 Å². The maximum absolute atomic E-state index is 11.6. The van der Waals surface area contributed by atoms with Gasteiger partial charge < -0.3 is 73.6 Å². The van der Waals surface area contributed by atoms with Crippen LogP contribution in [-0.2, 0) is 161 Å². The standard InChI is InChI=1S/C43H52N2O2.C41H48N2O4.C39H44N2O6.3Ir/c1-35(46)31-41(47)26-14-10-4-2-3-7-13-21-38-28-30-45-43(34-38)40-25-18-23-37(33-40)20-12-9-6-5-8-11-19-36-22-17-24-39(32-36)42-27-15-16-29-44-42;1-33(44)29-39(45)18-8-6-4-2-3-5-7-13-34-20-24-43-41(32-34)38-17-12-15-36(31-38)22-26-47-28-27-46-25-21-35-14-11-16-37(30-35)40-19-9-10-23-42-40;1-31(42)27-37(43)11-6-19-44-23-24-47-22-16-34-13-18-41-39(30-34)36-10-5-8-33(29-36)15-21-46-26-25-45-20-14-32-7-4-9-35(28-32)38-12-2-3-17-40-38;;;/h15-18,22-23,27-34,46H,2-14,19-21,26H2,1H3;9-12,14-15,19-20,23-24,29-32,44H,2-8,13,18,21-22,25-28H2,1H3;2-5,7-8,12-13,17-18,27-30,42H,6,11,14-16,19-26H2,1H3;;;/q3*-2;;;. The molecule has 0 amide bonds. The summed E-state index contributed by atoms with van der Waals surface area (Å²) in [5.41, 5.74) is 23.2. The number of allylic oxidation sites excluding steroid dienone is 6. The molecule has 6 aromatic carbocycles. The summed E-state index contributed by atoms with van der Waals surface area (Å²) in [7, 11) is 0. The van der Waals surface area contributed by atoms with Gasteiger partial charge in [-0.2, -0.15) is 0 Å². The molecule has 144 heavy (non-hydrogen) atoms. The normalized spacial score (nSPS) is 11.3. The first-order valence-corrected chi connectivity index (χ1v) is 51.0. The molecule has 12 aromatic rings. The molecule has 0 atom stereocenters. The number of ketones is 3. The largest absolute Gasteiger partial charge is 0.512 e. The second-order valence-electron chi connectivity index (χ2n) is 35.8. The predicted molar refractivity (Wildman–Crippen MR) is 564 cm³/mol. The molecule has 0 aliphatic rings. The van der Waals surface area contributed by atoms with Gasteiger partial charge in [0.05, 0.1) is 63.5 Å². The van der Waals surface area contributed by atoms with E-state index in [0.717, 1.165) is 169 Å². The van der Waals surface area contributed by atoms with E-state index in [4.69, 9.17) is 43.7 Å². The number of hydrogen-bond donors (Lipinski definition) is 3. The number of benzene rings is 6. The van der Waals surface area contributed by atoms with E-state index in [2.05, 4.69) is 175 Å². The molecular weight excluding hydrogens is 2330 g/mol. The zero-order valence-corrected chi connectivity index (χ0v) is 91.5. The number of aliphatic hydroxyl groups is 3. The molecule has 0 saturated carbocycles. The summed E-state index contributed by atoms with van der Waals surface area (Å²) < 4.78 is 34.6. The Balaban J connectivity index is 0.000000290. The SMILES string of the molecule is CC(O)=CC(=O)CCCCCCCCCc1ccnc(-c2[c-]ccc(CCCCCCCCc3cc[c-]c(-c4ccccn4)c3)c2)c1.CC(O)=CC(=O)CCCCCCCCCc1ccnc(-c2[c-]ccc(CCOCCOCCc3cc[c-]c(-c4ccccn4)c3)c2)c1.CC(O)=CC(=O)CCCOCCOCCc1ccnc(-c2[c-]ccc(CCOCCOCCc3cc[c-]c(-c4ccccn4)c3)c2)c1.[Ir].[Ir].[Ir]. The molecule has 0 aliphatic carbocycles. The average molecular weight is 2480 g/mol. The fourth-order valence-corrected chi connectivity index (χ4v) is 16.4. The van der Waals surface area contributed by atoms with E-state index >= 15 is 0 Å². The second-order valence-corrected chi connectivity index (χ2v) is 35.8. The van der Waals surface area contributed by atoms with Gasteiger partial charge in [0.15, 0.2) is 17.3 Å². The zero-order chi connectivity index (χ0) is 98.8. The molecule has 0 unspecified atom stereocenters. The smallest absolute Gasteiger partial charge is 0.159 e. The van der Waals surface area contributed by atoms with Crippen molar-refractivity contribution in [1.29, 1.82) is 0 Å². The van der Waals surface area contributed by atoms with Crippen molar-refractivity contribution < 1.29 is 118 Å². The summed E-state index contributed by atoms with van der Waals surface area (Å²) in [6, 6.07) is 88.1. The molecule has 6 heterocycles. The van der Waals surface area contributed by atoms with Gasteiger partial charge in [-0.25, -0.2) is 0 Å². The summed E-state index contributed by atoms with van der Waals surface area (Å²) >= 11 is 0. The third-order valence-corrected chi connectivity index (χ3v) is 23.9. The van der Waals surface area contributed by atoms with Crippen LogP contribution in [0.1, 0.15) is 225 Å². The Morgan fingerprint density at radius 2 is 0.438 bits per heavy atom. The number of ether oxygens (including phenoxy) is 6. The molecule has 12 rings (SSSR count). The Morgan fingerprint density at radius 3 is 0.688 bits per heavy atom. The van der Waals surface area contributed by atoms with Crippen molar-refractivity contribution in [2.75, 3.05) is 79.3 Å². The number of unbranched alkanes of at least 4 members (excludes halogenated alkanes) is 17. The van der Waals surface area contributed by atoms with Crippen molar-refractivity contribution in [3.8, 4) is 67.5 Å². The fourth-order valence-electron chi connectivity index (χ4n) is 16.4. The van der Waals surface area contributed by atoms with Crippen molar-refractivity contribution in [3.05, 3.63) is 359 Å². The van der Waals surface area contributed by atoms with Crippen LogP contribution < -0.4 is 0 Å². The molecule has 0 spiro atoms. The Labute approximate surface area is 897 Å². The minimum Gasteiger partial charge on any atom is -0.512 e. The van der Waals surface area contributed by atoms with Crippen LogP contribution in [0.4, 0.5) is 0 Å². The molecule has 3 radical (unpaired) electrons. The molecule has 21 heteroatoms. The van der Waals surface area contributed by atoms with Gasteiger partial charge in [0.2, 0.25) is 0 Å². The fraction of sp³-hybridized carbons (Fsp3) is 0.390. The van der Waals surface area contributed by atoms with Crippen LogP contribution in [0.2, 0.25) is 0 Å². The molecule has 18 nitrogen and oxygen atoms in total. The minimum atomic E-state index is -0.0943. The zero-order valence-electron chi connectivity index (χ0n) is 84.3. The van der Waals surface area contributed by atoms with Crippen molar-refractivity contribution in [1.82, 2.24) is 29.9 Å². The van der Waals surface area contributed by atoms with Crippen LogP contribution >= 0.6 is 0 Å². The number of carbonyl (C=O) groups excluding carboxylic acids is 3. The van der Waals surface area contributed by atoms with E-state index in [1.54, 1.807) is 19.3 Å². The molecular formula is C123H144Ir3N6O12-6. The molecule has 771 valence electrons. The van der Waals surface area contributed by atoms with Gasteiger partial charge in [0, 0.05) is 168 Å². The van der Waals surface area contributed by atoms with Crippen LogP contribution in [-0.4, -0.2) is 142 Å². The molecule has 0 saturated heterocycles. The number of aliphatic hydroxyl groups excluding tert-OH is 3. The van der Waals surface area contributed by atoms with Crippen molar-refractivity contribution in [2.45, 2.75) is 233 Å². The van der Waals surface area contributed by atoms with Gasteiger partial charge in [-0.05, 0) is 181 Å². The van der Waals surface area contributed by atoms with Crippen LogP contribution in [0.25, 0.3) is 67.5 Å². The number of aromatic nitrogens is 6. The Bertz CT molecular complexity index is 5110. The van der Waals surface area contributed by atoms with Crippen LogP contribution in [0.15, 0.2) is 273 Å². The number of hydrogen-bond acceptors (Lipinski definition) is 18. The average Bonchev–Trinajstić information content (AvgIpc) is 0.878. The monoisotopic (exact) mass is 2480 g/mol. The van der Waals surface area contributed by atoms with Gasteiger partial charge in [-0.15, -0.1) is 212 Å². The molecule has 0 fully saturated rings.